The lowest BCUT2D eigenvalue weighted by Crippen LogP contribution is -2.35. The van der Waals surface area contributed by atoms with E-state index in [0.717, 1.165) is 11.1 Å². The Morgan fingerprint density at radius 3 is 2.60 bits per heavy atom. The maximum absolute atomic E-state index is 12.8. The van der Waals surface area contributed by atoms with E-state index in [9.17, 15) is 14.7 Å². The number of fused-ring (bicyclic) bond motifs is 1. The van der Waals surface area contributed by atoms with Crippen LogP contribution in [0.25, 0.3) is 0 Å². The van der Waals surface area contributed by atoms with Crippen molar-refractivity contribution in [1.82, 2.24) is 5.32 Å². The van der Waals surface area contributed by atoms with Crippen molar-refractivity contribution in [3.63, 3.8) is 0 Å². The third-order valence-electron chi connectivity index (χ3n) is 4.68. The van der Waals surface area contributed by atoms with E-state index in [2.05, 4.69) is 5.32 Å². The first-order valence-corrected chi connectivity index (χ1v) is 8.45. The molecule has 2 atom stereocenters. The van der Waals surface area contributed by atoms with Crippen LogP contribution >= 0.6 is 0 Å². The molecule has 25 heavy (non-hydrogen) atoms. The first-order chi connectivity index (χ1) is 12.0. The maximum Gasteiger partial charge on any atom is 0.253 e. The summed E-state index contributed by atoms with van der Waals surface area (Å²) >= 11 is 0. The number of carbonyl (C=O) groups is 2. The van der Waals surface area contributed by atoms with Gasteiger partial charge >= 0.3 is 0 Å². The molecule has 5 nitrogen and oxygen atoms in total. The summed E-state index contributed by atoms with van der Waals surface area (Å²) in [5.41, 5.74) is 2.97. The zero-order chi connectivity index (χ0) is 18.0. The van der Waals surface area contributed by atoms with E-state index in [1.165, 1.54) is 4.90 Å². The van der Waals surface area contributed by atoms with Crippen molar-refractivity contribution < 1.29 is 14.7 Å². The van der Waals surface area contributed by atoms with E-state index in [0.29, 0.717) is 24.1 Å². The van der Waals surface area contributed by atoms with Crippen LogP contribution in [0, 0.1) is 0 Å². The maximum atomic E-state index is 12.8. The minimum Gasteiger partial charge on any atom is -0.390 e. The zero-order valence-electron chi connectivity index (χ0n) is 14.4. The molecule has 2 aromatic carbocycles. The smallest absolute Gasteiger partial charge is 0.253 e. The van der Waals surface area contributed by atoms with Gasteiger partial charge in [0.2, 0.25) is 5.91 Å². The second-order valence-electron chi connectivity index (χ2n) is 6.24. The molecule has 5 heteroatoms. The summed E-state index contributed by atoms with van der Waals surface area (Å²) in [7, 11) is 1.66. The Labute approximate surface area is 147 Å². The van der Waals surface area contributed by atoms with Gasteiger partial charge in [-0.05, 0) is 23.3 Å². The van der Waals surface area contributed by atoms with E-state index < -0.39 is 12.1 Å². The summed E-state index contributed by atoms with van der Waals surface area (Å²) in [6.07, 6.45) is 0.238. The van der Waals surface area contributed by atoms with Crippen molar-refractivity contribution in [3.8, 4) is 0 Å². The van der Waals surface area contributed by atoms with Gasteiger partial charge in [0.15, 0.2) is 0 Å². The van der Waals surface area contributed by atoms with Crippen LogP contribution in [-0.4, -0.2) is 30.1 Å². The van der Waals surface area contributed by atoms with Crippen molar-refractivity contribution in [2.24, 2.45) is 0 Å². The van der Waals surface area contributed by atoms with E-state index in [1.54, 1.807) is 38.2 Å². The Morgan fingerprint density at radius 2 is 1.84 bits per heavy atom. The van der Waals surface area contributed by atoms with Crippen LogP contribution < -0.4 is 10.2 Å². The predicted octanol–water partition coefficient (Wildman–Crippen LogP) is 2.45. The van der Waals surface area contributed by atoms with Gasteiger partial charge in [0, 0.05) is 19.9 Å². The minimum absolute atomic E-state index is 0.0634. The van der Waals surface area contributed by atoms with E-state index in [1.807, 2.05) is 24.3 Å². The number of benzene rings is 2. The monoisotopic (exact) mass is 338 g/mol. The summed E-state index contributed by atoms with van der Waals surface area (Å²) < 4.78 is 0. The van der Waals surface area contributed by atoms with Crippen molar-refractivity contribution in [2.75, 3.05) is 11.9 Å². The average Bonchev–Trinajstić information content (AvgIpc) is 2.95. The predicted molar refractivity (Wildman–Crippen MR) is 96.5 cm³/mol. The van der Waals surface area contributed by atoms with Crippen LogP contribution in [0.15, 0.2) is 48.5 Å². The highest BCUT2D eigenvalue weighted by molar-refractivity contribution is 6.04. The van der Waals surface area contributed by atoms with Gasteiger partial charge in [-0.3, -0.25) is 9.59 Å². The van der Waals surface area contributed by atoms with Gasteiger partial charge < -0.3 is 15.3 Å². The van der Waals surface area contributed by atoms with Gasteiger partial charge in [0.1, 0.15) is 0 Å². The third kappa shape index (κ3) is 3.28. The Hall–Kier alpha value is -2.66. The number of aliphatic hydroxyl groups is 1. The first-order valence-electron chi connectivity index (χ1n) is 8.45. The molecule has 0 heterocycles. The minimum atomic E-state index is -0.650. The quantitative estimate of drug-likeness (QED) is 0.900. The number of aliphatic hydroxyl groups excluding tert-OH is 1. The molecule has 130 valence electrons. The summed E-state index contributed by atoms with van der Waals surface area (Å²) in [6.45, 7) is 1.79. The van der Waals surface area contributed by atoms with Crippen molar-refractivity contribution in [3.05, 3.63) is 65.2 Å². The van der Waals surface area contributed by atoms with Gasteiger partial charge in [0.05, 0.1) is 23.4 Å². The summed E-state index contributed by atoms with van der Waals surface area (Å²) in [5.74, 6) is -0.362. The van der Waals surface area contributed by atoms with Crippen molar-refractivity contribution >= 4 is 17.5 Å². The molecule has 3 rings (SSSR count). The van der Waals surface area contributed by atoms with Crippen LogP contribution in [0.3, 0.4) is 0 Å². The highest BCUT2D eigenvalue weighted by Crippen LogP contribution is 2.32. The Morgan fingerprint density at radius 1 is 1.16 bits per heavy atom. The van der Waals surface area contributed by atoms with Gasteiger partial charge in [-0.25, -0.2) is 0 Å². The summed E-state index contributed by atoms with van der Waals surface area (Å²) in [5, 5.41) is 13.3. The second-order valence-corrected chi connectivity index (χ2v) is 6.24. The number of hydrogen-bond acceptors (Lipinski definition) is 3. The fourth-order valence-corrected chi connectivity index (χ4v) is 3.30. The molecular weight excluding hydrogens is 316 g/mol. The molecule has 2 unspecified atom stereocenters. The number of para-hydroxylation sites is 1. The molecule has 0 fully saturated rings. The second kappa shape index (κ2) is 7.07. The zero-order valence-corrected chi connectivity index (χ0v) is 14.4. The normalized spacial score (nSPS) is 18.5. The van der Waals surface area contributed by atoms with Gasteiger partial charge in [-0.15, -0.1) is 0 Å². The molecule has 1 aliphatic carbocycles. The number of hydrogen-bond donors (Lipinski definition) is 2. The van der Waals surface area contributed by atoms with E-state index in [-0.39, 0.29) is 11.8 Å². The SMILES string of the molecule is CCC(=O)N(C)c1ccccc1C(=O)NC1c2ccccc2CC1O. The molecule has 0 saturated carbocycles. The van der Waals surface area contributed by atoms with Crippen molar-refractivity contribution in [2.45, 2.75) is 31.9 Å². The molecule has 0 radical (unpaired) electrons. The topological polar surface area (TPSA) is 69.6 Å². The standard InChI is InChI=1S/C20H22N2O3/c1-3-18(24)22(2)16-11-7-6-10-15(16)20(25)21-19-14-9-5-4-8-13(14)12-17(19)23/h4-11,17,19,23H,3,12H2,1-2H3,(H,21,25). The van der Waals surface area contributed by atoms with Crippen molar-refractivity contribution in [1.29, 1.82) is 0 Å². The lowest BCUT2D eigenvalue weighted by molar-refractivity contribution is -0.118. The first kappa shape index (κ1) is 17.2. The Balaban J connectivity index is 1.87. The molecule has 0 aromatic heterocycles. The number of rotatable bonds is 4. The molecule has 1 aliphatic rings. The Bertz CT molecular complexity index is 803. The summed E-state index contributed by atoms with van der Waals surface area (Å²) in [6, 6.07) is 14.3. The van der Waals surface area contributed by atoms with E-state index in [4.69, 9.17) is 0 Å². The average molecular weight is 338 g/mol. The Kier molecular flexibility index (Phi) is 4.86. The highest BCUT2D eigenvalue weighted by atomic mass is 16.3. The molecule has 0 saturated heterocycles. The highest BCUT2D eigenvalue weighted by Gasteiger charge is 2.32. The molecule has 2 N–H and O–H groups in total. The molecule has 0 spiro atoms. The van der Waals surface area contributed by atoms with Crippen LogP contribution in [0.4, 0.5) is 5.69 Å². The molecule has 2 amide bonds. The lowest BCUT2D eigenvalue weighted by Gasteiger charge is -2.22. The number of amides is 2. The summed E-state index contributed by atoms with van der Waals surface area (Å²) in [4.78, 5) is 26.3. The lowest BCUT2D eigenvalue weighted by atomic mass is 10.1. The van der Waals surface area contributed by atoms with E-state index >= 15 is 0 Å². The third-order valence-corrected chi connectivity index (χ3v) is 4.68. The van der Waals surface area contributed by atoms with Crippen LogP contribution in [0.1, 0.15) is 40.9 Å². The molecule has 0 bridgehead atoms. The molecular formula is C20H22N2O3. The fraction of sp³-hybridized carbons (Fsp3) is 0.300. The number of nitrogens with one attached hydrogen (secondary N) is 1. The number of carbonyl (C=O) groups excluding carboxylic acids is 2. The van der Waals surface area contributed by atoms with Crippen LogP contribution in [-0.2, 0) is 11.2 Å². The largest absolute Gasteiger partial charge is 0.390 e. The van der Waals surface area contributed by atoms with Gasteiger partial charge in [-0.1, -0.05) is 43.3 Å². The fourth-order valence-electron chi connectivity index (χ4n) is 3.30. The van der Waals surface area contributed by atoms with Crippen LogP contribution in [0.5, 0.6) is 0 Å². The number of anilines is 1. The molecule has 2 aromatic rings. The molecule has 0 aliphatic heterocycles. The number of nitrogens with zero attached hydrogens (tertiary/aromatic N) is 1. The van der Waals surface area contributed by atoms with Gasteiger partial charge in [0.25, 0.3) is 5.91 Å². The van der Waals surface area contributed by atoms with Crippen LogP contribution in [0.2, 0.25) is 0 Å². The van der Waals surface area contributed by atoms with Gasteiger partial charge in [-0.2, -0.15) is 0 Å².